The molecule has 3 fully saturated rings. The molecule has 3 aliphatic rings. The van der Waals surface area contributed by atoms with Crippen molar-refractivity contribution in [2.45, 2.75) is 38.9 Å². The van der Waals surface area contributed by atoms with Crippen molar-refractivity contribution in [1.29, 1.82) is 0 Å². The summed E-state index contributed by atoms with van der Waals surface area (Å²) in [7, 11) is -0.346. The van der Waals surface area contributed by atoms with E-state index in [0.29, 0.717) is 0 Å². The van der Waals surface area contributed by atoms with E-state index in [-0.39, 0.29) is 18.3 Å². The predicted octanol–water partition coefficient (Wildman–Crippen LogP) is 2.90. The zero-order valence-corrected chi connectivity index (χ0v) is 22.1. The Morgan fingerprint density at radius 2 is 1.21 bits per heavy atom. The Labute approximate surface area is 211 Å². The van der Waals surface area contributed by atoms with E-state index in [4.69, 9.17) is 18.8 Å². The molecule has 0 N–H and O–H groups in total. The summed E-state index contributed by atoms with van der Waals surface area (Å²) in [6, 6.07) is 8.11. The lowest BCUT2D eigenvalue weighted by molar-refractivity contribution is 0.00578. The Bertz CT molecular complexity index is 902. The molecule has 0 amide bonds. The average Bonchev–Trinajstić information content (AvgIpc) is 3.08. The molecule has 0 bridgehead atoms. The van der Waals surface area contributed by atoms with Gasteiger partial charge in [0.1, 0.15) is 11.6 Å². The minimum Gasteiger partial charge on any atom is -0.399 e. The van der Waals surface area contributed by atoms with Crippen LogP contribution in [-0.4, -0.2) is 80.9 Å². The van der Waals surface area contributed by atoms with E-state index in [1.54, 1.807) is 0 Å². The fourth-order valence-corrected chi connectivity index (χ4v) is 4.08. The molecule has 2 aromatic heterocycles. The van der Waals surface area contributed by atoms with Crippen molar-refractivity contribution >= 4 is 40.1 Å². The molecule has 5 heterocycles. The number of anilines is 2. The Morgan fingerprint density at radius 3 is 1.62 bits per heavy atom. The van der Waals surface area contributed by atoms with E-state index in [9.17, 15) is 0 Å². The van der Waals surface area contributed by atoms with E-state index < -0.39 is 0 Å². The molecule has 0 aromatic carbocycles. The second kappa shape index (κ2) is 10.9. The summed E-state index contributed by atoms with van der Waals surface area (Å²) in [4.78, 5) is 13.3. The summed E-state index contributed by atoms with van der Waals surface area (Å²) >= 11 is 3.36. The van der Waals surface area contributed by atoms with Crippen LogP contribution in [0.5, 0.6) is 0 Å². The van der Waals surface area contributed by atoms with E-state index in [2.05, 4.69) is 63.4 Å². The average molecular weight is 533 g/mol. The molecule has 0 spiro atoms. The summed E-state index contributed by atoms with van der Waals surface area (Å²) in [5, 5.41) is 0. The van der Waals surface area contributed by atoms with Crippen molar-refractivity contribution < 1.29 is 18.8 Å². The minimum atomic E-state index is -0.346. The van der Waals surface area contributed by atoms with Gasteiger partial charge in [-0.05, 0) is 61.8 Å². The molecule has 3 saturated heterocycles. The maximum absolute atomic E-state index is 6.04. The van der Waals surface area contributed by atoms with Crippen molar-refractivity contribution in [2.24, 2.45) is 0 Å². The zero-order chi connectivity index (χ0) is 24.2. The number of rotatable bonds is 3. The van der Waals surface area contributed by atoms with Crippen LogP contribution in [0.15, 0.2) is 41.1 Å². The first kappa shape index (κ1) is 25.4. The second-order valence-electron chi connectivity index (χ2n) is 9.57. The normalized spacial score (nSPS) is 21.7. The van der Waals surface area contributed by atoms with Crippen LogP contribution in [0.4, 0.5) is 11.6 Å². The maximum Gasteiger partial charge on any atom is 0.496 e. The van der Waals surface area contributed by atoms with Crippen LogP contribution < -0.4 is 15.3 Å². The van der Waals surface area contributed by atoms with Gasteiger partial charge in [-0.1, -0.05) is 6.07 Å². The monoisotopic (exact) mass is 532 g/mol. The molecular weight excluding hydrogens is 499 g/mol. The Kier molecular flexibility index (Phi) is 8.14. The summed E-state index contributed by atoms with van der Waals surface area (Å²) in [5.41, 5.74) is 0.326. The number of aromatic nitrogens is 2. The molecule has 0 unspecified atom stereocenters. The van der Waals surface area contributed by atoms with E-state index in [1.807, 2.05) is 36.7 Å². The zero-order valence-electron chi connectivity index (χ0n) is 20.5. The smallest absolute Gasteiger partial charge is 0.399 e. The molecule has 0 radical (unpaired) electrons. The summed E-state index contributed by atoms with van der Waals surface area (Å²) in [5.74, 6) is 2.02. The first-order valence-electron chi connectivity index (χ1n) is 11.8. The number of hydrogen-bond donors (Lipinski definition) is 0. The fraction of sp³-hybridized carbons (Fsp3) is 0.583. The number of morpholine rings is 2. The van der Waals surface area contributed by atoms with Gasteiger partial charge in [-0.25, -0.2) is 9.97 Å². The van der Waals surface area contributed by atoms with Gasteiger partial charge in [0.25, 0.3) is 0 Å². The van der Waals surface area contributed by atoms with Gasteiger partial charge in [-0.2, -0.15) is 0 Å². The summed E-state index contributed by atoms with van der Waals surface area (Å²) in [6.07, 6.45) is 3.68. The molecule has 5 rings (SSSR count). The number of pyridine rings is 2. The lowest BCUT2D eigenvalue weighted by Crippen LogP contribution is -2.41. The van der Waals surface area contributed by atoms with Gasteiger partial charge in [0, 0.05) is 48.5 Å². The first-order chi connectivity index (χ1) is 16.2. The van der Waals surface area contributed by atoms with Gasteiger partial charge in [-0.15, -0.1) is 0 Å². The Hall–Kier alpha value is -1.72. The lowest BCUT2D eigenvalue weighted by atomic mass is 9.80. The standard InChI is InChI=1S/C15H23BN2O3.C9H11BrN2O/c1-14(2)15(3,4)21-16(20-14)12-5-6-13(17-11-12)18-7-9-19-10-8-18;10-8-1-2-9(11-7-8)12-3-5-13-6-4-12/h5-6,11H,7-10H2,1-4H3;1-2,7H,3-6H2. The van der Waals surface area contributed by atoms with Gasteiger partial charge >= 0.3 is 7.12 Å². The van der Waals surface area contributed by atoms with Crippen LogP contribution in [0, 0.1) is 0 Å². The van der Waals surface area contributed by atoms with Gasteiger partial charge in [0.15, 0.2) is 0 Å². The van der Waals surface area contributed by atoms with Crippen molar-refractivity contribution in [3.8, 4) is 0 Å². The molecule has 0 aliphatic carbocycles. The van der Waals surface area contributed by atoms with E-state index >= 15 is 0 Å². The van der Waals surface area contributed by atoms with Crippen molar-refractivity contribution in [2.75, 3.05) is 62.4 Å². The van der Waals surface area contributed by atoms with Crippen molar-refractivity contribution in [1.82, 2.24) is 9.97 Å². The molecule has 184 valence electrons. The largest absolute Gasteiger partial charge is 0.496 e. The molecule has 3 aliphatic heterocycles. The molecular formula is C24H34BBrN4O4. The lowest BCUT2D eigenvalue weighted by Gasteiger charge is -2.32. The Morgan fingerprint density at radius 1 is 0.735 bits per heavy atom. The predicted molar refractivity (Wildman–Crippen MR) is 138 cm³/mol. The van der Waals surface area contributed by atoms with E-state index in [0.717, 1.165) is 74.2 Å². The van der Waals surface area contributed by atoms with Crippen molar-refractivity contribution in [3.63, 3.8) is 0 Å². The molecule has 8 nitrogen and oxygen atoms in total. The maximum atomic E-state index is 6.04. The quantitative estimate of drug-likeness (QED) is 0.559. The van der Waals surface area contributed by atoms with Crippen LogP contribution in [0.25, 0.3) is 0 Å². The molecule has 0 saturated carbocycles. The summed E-state index contributed by atoms with van der Waals surface area (Å²) < 4.78 is 23.7. The first-order valence-corrected chi connectivity index (χ1v) is 12.6. The highest BCUT2D eigenvalue weighted by molar-refractivity contribution is 9.10. The summed E-state index contributed by atoms with van der Waals surface area (Å²) in [6.45, 7) is 15.0. The van der Waals surface area contributed by atoms with Gasteiger partial charge < -0.3 is 28.6 Å². The highest BCUT2D eigenvalue weighted by atomic mass is 79.9. The van der Waals surface area contributed by atoms with Crippen LogP contribution in [0.1, 0.15) is 27.7 Å². The van der Waals surface area contributed by atoms with Crippen molar-refractivity contribution in [3.05, 3.63) is 41.1 Å². The van der Waals surface area contributed by atoms with Gasteiger partial charge in [-0.3, -0.25) is 0 Å². The molecule has 34 heavy (non-hydrogen) atoms. The highest BCUT2D eigenvalue weighted by Gasteiger charge is 2.51. The third-order valence-corrected chi connectivity index (χ3v) is 7.15. The number of halogens is 1. The molecule has 0 atom stereocenters. The van der Waals surface area contributed by atoms with Crippen LogP contribution in [-0.2, 0) is 18.8 Å². The number of ether oxygens (including phenoxy) is 2. The van der Waals surface area contributed by atoms with Crippen LogP contribution in [0.3, 0.4) is 0 Å². The third-order valence-electron chi connectivity index (χ3n) is 6.68. The topological polar surface area (TPSA) is 69.2 Å². The fourth-order valence-electron chi connectivity index (χ4n) is 3.84. The van der Waals surface area contributed by atoms with E-state index in [1.165, 1.54) is 0 Å². The molecule has 2 aromatic rings. The molecule has 10 heteroatoms. The third kappa shape index (κ3) is 6.09. The van der Waals surface area contributed by atoms with Crippen LogP contribution >= 0.6 is 15.9 Å². The highest BCUT2D eigenvalue weighted by Crippen LogP contribution is 2.36. The Balaban J connectivity index is 0.000000180. The van der Waals surface area contributed by atoms with Crippen LogP contribution in [0.2, 0.25) is 0 Å². The number of nitrogens with zero attached hydrogens (tertiary/aromatic N) is 4. The SMILES string of the molecule is Brc1ccc(N2CCOCC2)nc1.CC1(C)OB(c2ccc(N3CCOCC3)nc2)OC1(C)C. The minimum absolute atomic E-state index is 0.319. The number of hydrogen-bond acceptors (Lipinski definition) is 8. The second-order valence-corrected chi connectivity index (χ2v) is 10.5. The van der Waals surface area contributed by atoms with Gasteiger partial charge in [0.2, 0.25) is 0 Å². The van der Waals surface area contributed by atoms with Gasteiger partial charge in [0.05, 0.1) is 37.6 Å².